The summed E-state index contributed by atoms with van der Waals surface area (Å²) in [5.74, 6) is 1.94. The Morgan fingerprint density at radius 2 is 2.38 bits per heavy atom. The third-order valence-corrected chi connectivity index (χ3v) is 2.62. The molecule has 0 aliphatic heterocycles. The monoisotopic (exact) mass is 194 g/mol. The molecule has 1 saturated carbocycles. The molecule has 1 aromatic rings. The Kier molecular flexibility index (Phi) is 2.44. The van der Waals surface area contributed by atoms with Crippen LogP contribution in [0.1, 0.15) is 31.3 Å². The molecule has 70 valence electrons. The number of aromatic amines is 1. The van der Waals surface area contributed by atoms with Crippen LogP contribution in [0, 0.1) is 10.6 Å². The number of nitrogens with one attached hydrogen (secondary N) is 1. The van der Waals surface area contributed by atoms with Gasteiger partial charge in [0.05, 0.1) is 0 Å². The van der Waals surface area contributed by atoms with Gasteiger partial charge in [-0.25, -0.2) is 4.98 Å². The number of nitrogens with zero attached hydrogens (tertiary/aromatic N) is 1. The SMILES string of the molecule is CCc1cc(=S)nc(CC2CC2)[nH]1. The van der Waals surface area contributed by atoms with E-state index in [2.05, 4.69) is 16.9 Å². The molecular weight excluding hydrogens is 180 g/mol. The van der Waals surface area contributed by atoms with Crippen LogP contribution in [0.15, 0.2) is 6.07 Å². The van der Waals surface area contributed by atoms with Gasteiger partial charge in [0, 0.05) is 12.1 Å². The van der Waals surface area contributed by atoms with Gasteiger partial charge in [-0.05, 0) is 31.2 Å². The van der Waals surface area contributed by atoms with Gasteiger partial charge in [-0.3, -0.25) is 0 Å². The van der Waals surface area contributed by atoms with Crippen molar-refractivity contribution >= 4 is 12.2 Å². The van der Waals surface area contributed by atoms with Crippen molar-refractivity contribution in [2.24, 2.45) is 5.92 Å². The highest BCUT2D eigenvalue weighted by molar-refractivity contribution is 7.71. The lowest BCUT2D eigenvalue weighted by molar-refractivity contribution is 0.755. The summed E-state index contributed by atoms with van der Waals surface area (Å²) in [6, 6.07) is 1.95. The maximum atomic E-state index is 5.10. The molecule has 0 bridgehead atoms. The molecule has 0 spiro atoms. The van der Waals surface area contributed by atoms with Crippen molar-refractivity contribution in [3.8, 4) is 0 Å². The minimum Gasteiger partial charge on any atom is -0.347 e. The van der Waals surface area contributed by atoms with E-state index in [1.807, 2.05) is 6.07 Å². The summed E-state index contributed by atoms with van der Waals surface area (Å²) in [5.41, 5.74) is 1.20. The first-order chi connectivity index (χ1) is 6.28. The molecule has 13 heavy (non-hydrogen) atoms. The Labute approximate surface area is 83.4 Å². The van der Waals surface area contributed by atoms with E-state index < -0.39 is 0 Å². The van der Waals surface area contributed by atoms with Gasteiger partial charge in [-0.1, -0.05) is 19.1 Å². The molecule has 0 unspecified atom stereocenters. The van der Waals surface area contributed by atoms with Crippen LogP contribution < -0.4 is 0 Å². The second-order valence-corrected chi connectivity index (χ2v) is 4.11. The number of rotatable bonds is 3. The largest absolute Gasteiger partial charge is 0.347 e. The Hall–Kier alpha value is -0.700. The fourth-order valence-corrected chi connectivity index (χ4v) is 1.70. The highest BCUT2D eigenvalue weighted by atomic mass is 32.1. The maximum Gasteiger partial charge on any atom is 0.129 e. The number of aromatic nitrogens is 2. The first-order valence-corrected chi connectivity index (χ1v) is 5.28. The van der Waals surface area contributed by atoms with Crippen LogP contribution in [-0.4, -0.2) is 9.97 Å². The number of hydrogen-bond donors (Lipinski definition) is 1. The molecule has 1 aliphatic rings. The van der Waals surface area contributed by atoms with Gasteiger partial charge in [0.15, 0.2) is 0 Å². The van der Waals surface area contributed by atoms with Crippen molar-refractivity contribution in [1.29, 1.82) is 0 Å². The third-order valence-electron chi connectivity index (χ3n) is 2.41. The molecule has 1 aromatic heterocycles. The molecule has 0 saturated heterocycles. The van der Waals surface area contributed by atoms with Crippen LogP contribution in [0.3, 0.4) is 0 Å². The standard InChI is InChI=1S/C10H14N2S/c1-2-8-6-10(13)12-9(11-8)5-7-3-4-7/h6-7H,2-5H2,1H3,(H,11,12,13). The minimum atomic E-state index is 0.728. The molecule has 1 N–H and O–H groups in total. The summed E-state index contributed by atoms with van der Waals surface area (Å²) in [4.78, 5) is 7.65. The Morgan fingerprint density at radius 1 is 1.62 bits per heavy atom. The number of aryl methyl sites for hydroxylation is 1. The lowest BCUT2D eigenvalue weighted by atomic mass is 10.2. The fourth-order valence-electron chi connectivity index (χ4n) is 1.45. The van der Waals surface area contributed by atoms with Gasteiger partial charge in [-0.15, -0.1) is 0 Å². The molecule has 1 heterocycles. The molecule has 2 rings (SSSR count). The van der Waals surface area contributed by atoms with Gasteiger partial charge in [-0.2, -0.15) is 0 Å². The summed E-state index contributed by atoms with van der Waals surface area (Å²) in [6.07, 6.45) is 4.80. The van der Waals surface area contributed by atoms with E-state index in [4.69, 9.17) is 12.2 Å². The van der Waals surface area contributed by atoms with Crippen LogP contribution in [0.25, 0.3) is 0 Å². The van der Waals surface area contributed by atoms with Crippen LogP contribution in [-0.2, 0) is 12.8 Å². The number of hydrogen-bond acceptors (Lipinski definition) is 2. The van der Waals surface area contributed by atoms with Crippen molar-refractivity contribution in [2.75, 3.05) is 0 Å². The summed E-state index contributed by atoms with van der Waals surface area (Å²) in [7, 11) is 0. The quantitative estimate of drug-likeness (QED) is 0.749. The van der Waals surface area contributed by atoms with Crippen molar-refractivity contribution < 1.29 is 0 Å². The van der Waals surface area contributed by atoms with E-state index in [0.717, 1.165) is 29.2 Å². The van der Waals surface area contributed by atoms with Crippen molar-refractivity contribution in [3.63, 3.8) is 0 Å². The van der Waals surface area contributed by atoms with E-state index >= 15 is 0 Å². The lowest BCUT2D eigenvalue weighted by Gasteiger charge is -2.02. The fraction of sp³-hybridized carbons (Fsp3) is 0.600. The maximum absolute atomic E-state index is 5.10. The average Bonchev–Trinajstić information content (AvgIpc) is 2.87. The molecular formula is C10H14N2S. The zero-order chi connectivity index (χ0) is 9.26. The van der Waals surface area contributed by atoms with Crippen molar-refractivity contribution in [1.82, 2.24) is 9.97 Å². The summed E-state index contributed by atoms with van der Waals surface area (Å²) in [6.45, 7) is 2.13. The summed E-state index contributed by atoms with van der Waals surface area (Å²) < 4.78 is 0.728. The smallest absolute Gasteiger partial charge is 0.129 e. The lowest BCUT2D eigenvalue weighted by Crippen LogP contribution is -2.00. The highest BCUT2D eigenvalue weighted by Crippen LogP contribution is 2.31. The van der Waals surface area contributed by atoms with Gasteiger partial charge in [0.2, 0.25) is 0 Å². The van der Waals surface area contributed by atoms with Crippen molar-refractivity contribution in [3.05, 3.63) is 22.2 Å². The molecule has 0 atom stereocenters. The topological polar surface area (TPSA) is 28.7 Å². The molecule has 0 radical (unpaired) electrons. The molecule has 0 aromatic carbocycles. The second-order valence-electron chi connectivity index (χ2n) is 3.69. The third kappa shape index (κ3) is 2.37. The zero-order valence-electron chi connectivity index (χ0n) is 7.84. The zero-order valence-corrected chi connectivity index (χ0v) is 8.66. The molecule has 1 fully saturated rings. The second kappa shape index (κ2) is 3.58. The van der Waals surface area contributed by atoms with Crippen LogP contribution in [0.5, 0.6) is 0 Å². The van der Waals surface area contributed by atoms with Crippen molar-refractivity contribution in [2.45, 2.75) is 32.6 Å². The average molecular weight is 194 g/mol. The van der Waals surface area contributed by atoms with Crippen LogP contribution in [0.2, 0.25) is 0 Å². The Balaban J connectivity index is 2.22. The predicted molar refractivity (Wildman–Crippen MR) is 55.2 cm³/mol. The van der Waals surface area contributed by atoms with Gasteiger partial charge < -0.3 is 4.98 Å². The van der Waals surface area contributed by atoms with E-state index in [9.17, 15) is 0 Å². The van der Waals surface area contributed by atoms with E-state index in [1.54, 1.807) is 0 Å². The Bertz CT molecular complexity index is 352. The molecule has 1 aliphatic carbocycles. The summed E-state index contributed by atoms with van der Waals surface area (Å²) in [5, 5.41) is 0. The normalized spacial score (nSPS) is 16.1. The van der Waals surface area contributed by atoms with Gasteiger partial charge in [0.25, 0.3) is 0 Å². The predicted octanol–water partition coefficient (Wildman–Crippen LogP) is 2.65. The number of H-pyrrole nitrogens is 1. The van der Waals surface area contributed by atoms with Crippen LogP contribution in [0.4, 0.5) is 0 Å². The van der Waals surface area contributed by atoms with E-state index in [1.165, 1.54) is 18.5 Å². The first-order valence-electron chi connectivity index (χ1n) is 4.87. The van der Waals surface area contributed by atoms with Crippen LogP contribution >= 0.6 is 12.2 Å². The molecule has 3 heteroatoms. The molecule has 0 amide bonds. The Morgan fingerprint density at radius 3 is 3.00 bits per heavy atom. The summed E-state index contributed by atoms with van der Waals surface area (Å²) >= 11 is 5.10. The van der Waals surface area contributed by atoms with Gasteiger partial charge >= 0.3 is 0 Å². The van der Waals surface area contributed by atoms with Gasteiger partial charge in [0.1, 0.15) is 10.5 Å². The highest BCUT2D eigenvalue weighted by Gasteiger charge is 2.22. The minimum absolute atomic E-state index is 0.728. The van der Waals surface area contributed by atoms with E-state index in [0.29, 0.717) is 0 Å². The first kappa shape index (κ1) is 8.88. The van der Waals surface area contributed by atoms with E-state index in [-0.39, 0.29) is 0 Å². The molecule has 2 nitrogen and oxygen atoms in total.